The number of sulfonamides is 1. The smallest absolute Gasteiger partial charge is 0.321 e. The third-order valence-electron chi connectivity index (χ3n) is 2.99. The Bertz CT molecular complexity index is 341. The van der Waals surface area contributed by atoms with Crippen LogP contribution in [0.2, 0.25) is 0 Å². The van der Waals surface area contributed by atoms with Gasteiger partial charge in [0, 0.05) is 0 Å². The summed E-state index contributed by atoms with van der Waals surface area (Å²) in [5.74, 6) is -1.14. The number of aliphatic carboxylic acids is 1. The Morgan fingerprint density at radius 1 is 1.05 bits per heavy atom. The van der Waals surface area contributed by atoms with E-state index in [0.717, 1.165) is 19.3 Å². The molecular formula is C13H27NO4S. The maximum atomic E-state index is 11.5. The minimum Gasteiger partial charge on any atom is -0.480 e. The summed E-state index contributed by atoms with van der Waals surface area (Å²) in [5, 5.41) is 8.63. The van der Waals surface area contributed by atoms with Gasteiger partial charge < -0.3 is 5.11 Å². The summed E-state index contributed by atoms with van der Waals surface area (Å²) >= 11 is 0. The van der Waals surface area contributed by atoms with Crippen LogP contribution >= 0.6 is 0 Å². The Kier molecular flexibility index (Phi) is 9.87. The number of carbonyl (C=O) groups is 1. The molecule has 0 aliphatic carbocycles. The molecule has 0 spiro atoms. The molecule has 0 aromatic rings. The second kappa shape index (κ2) is 10.2. The maximum absolute atomic E-state index is 11.5. The average molecular weight is 293 g/mol. The second-order valence-electron chi connectivity index (χ2n) is 4.97. The van der Waals surface area contributed by atoms with E-state index >= 15 is 0 Å². The van der Waals surface area contributed by atoms with Crippen molar-refractivity contribution in [2.75, 3.05) is 5.75 Å². The Morgan fingerprint density at radius 3 is 2.00 bits per heavy atom. The van der Waals surface area contributed by atoms with Gasteiger partial charge in [0.05, 0.1) is 5.75 Å². The molecule has 0 fully saturated rings. The van der Waals surface area contributed by atoms with Crippen molar-refractivity contribution in [1.82, 2.24) is 4.72 Å². The first-order valence-electron chi connectivity index (χ1n) is 7.12. The standard InChI is InChI=1S/C13H27NO4S/c1-3-4-5-6-7-8-9-10-11-19(17,18)14-12(2)13(15)16/h12,14H,3-11H2,1-2H3,(H,15,16)/t12-/m1/s1. The number of carboxylic acid groups (broad SMARTS) is 1. The van der Waals surface area contributed by atoms with E-state index in [2.05, 4.69) is 11.6 Å². The number of rotatable bonds is 12. The third kappa shape index (κ3) is 10.9. The van der Waals surface area contributed by atoms with Crippen molar-refractivity contribution in [3.63, 3.8) is 0 Å². The number of carboxylic acids is 1. The van der Waals surface area contributed by atoms with Gasteiger partial charge >= 0.3 is 5.97 Å². The zero-order valence-electron chi connectivity index (χ0n) is 12.0. The van der Waals surface area contributed by atoms with Crippen molar-refractivity contribution in [3.8, 4) is 0 Å². The average Bonchev–Trinajstić information content (AvgIpc) is 2.31. The molecule has 0 saturated carbocycles. The van der Waals surface area contributed by atoms with Crippen LogP contribution in [0.5, 0.6) is 0 Å². The minimum absolute atomic E-state index is 0.0135. The van der Waals surface area contributed by atoms with Crippen LogP contribution in [0, 0.1) is 0 Å². The number of nitrogens with one attached hydrogen (secondary N) is 1. The van der Waals surface area contributed by atoms with Gasteiger partial charge in [-0.25, -0.2) is 13.1 Å². The summed E-state index contributed by atoms with van der Waals surface area (Å²) < 4.78 is 25.2. The van der Waals surface area contributed by atoms with E-state index < -0.39 is 22.0 Å². The van der Waals surface area contributed by atoms with E-state index in [1.54, 1.807) is 0 Å². The van der Waals surface area contributed by atoms with Crippen LogP contribution in [-0.4, -0.2) is 31.3 Å². The first-order valence-corrected chi connectivity index (χ1v) is 8.77. The van der Waals surface area contributed by atoms with Gasteiger partial charge in [0.2, 0.25) is 10.0 Å². The first kappa shape index (κ1) is 18.4. The van der Waals surface area contributed by atoms with Gasteiger partial charge in [0.25, 0.3) is 0 Å². The molecule has 1 atom stereocenters. The fourth-order valence-electron chi connectivity index (χ4n) is 1.80. The number of hydrogen-bond acceptors (Lipinski definition) is 3. The van der Waals surface area contributed by atoms with Gasteiger partial charge in [0.1, 0.15) is 6.04 Å². The lowest BCUT2D eigenvalue weighted by Gasteiger charge is -2.09. The molecule has 6 heteroatoms. The van der Waals surface area contributed by atoms with E-state index in [1.807, 2.05) is 0 Å². The Hall–Kier alpha value is -0.620. The van der Waals surface area contributed by atoms with Gasteiger partial charge in [-0.1, -0.05) is 51.9 Å². The van der Waals surface area contributed by atoms with Crippen LogP contribution < -0.4 is 4.72 Å². The second-order valence-corrected chi connectivity index (χ2v) is 6.84. The highest BCUT2D eigenvalue weighted by Crippen LogP contribution is 2.09. The normalized spacial score (nSPS) is 13.4. The van der Waals surface area contributed by atoms with E-state index in [-0.39, 0.29) is 5.75 Å². The molecule has 0 rings (SSSR count). The van der Waals surface area contributed by atoms with Gasteiger partial charge in [-0.2, -0.15) is 0 Å². The van der Waals surface area contributed by atoms with E-state index in [1.165, 1.54) is 32.6 Å². The van der Waals surface area contributed by atoms with Crippen LogP contribution in [0.25, 0.3) is 0 Å². The lowest BCUT2D eigenvalue weighted by atomic mass is 10.1. The SMILES string of the molecule is CCCCCCCCCCS(=O)(=O)N[C@H](C)C(=O)O. The quantitative estimate of drug-likeness (QED) is 0.542. The molecule has 0 amide bonds. The summed E-state index contributed by atoms with van der Waals surface area (Å²) in [7, 11) is -3.46. The molecule has 114 valence electrons. The highest BCUT2D eigenvalue weighted by Gasteiger charge is 2.18. The van der Waals surface area contributed by atoms with Crippen molar-refractivity contribution >= 4 is 16.0 Å². The molecule has 19 heavy (non-hydrogen) atoms. The molecule has 0 aliphatic rings. The molecule has 0 aromatic carbocycles. The summed E-state index contributed by atoms with van der Waals surface area (Å²) in [6, 6.07) is -1.06. The summed E-state index contributed by atoms with van der Waals surface area (Å²) in [5.41, 5.74) is 0. The number of hydrogen-bond donors (Lipinski definition) is 2. The van der Waals surface area contributed by atoms with Crippen molar-refractivity contribution < 1.29 is 18.3 Å². The predicted molar refractivity (Wildman–Crippen MR) is 76.6 cm³/mol. The molecule has 5 nitrogen and oxygen atoms in total. The van der Waals surface area contributed by atoms with Crippen LogP contribution in [0.4, 0.5) is 0 Å². The third-order valence-corrected chi connectivity index (χ3v) is 4.53. The zero-order valence-corrected chi connectivity index (χ0v) is 12.8. The van der Waals surface area contributed by atoms with E-state index in [0.29, 0.717) is 6.42 Å². The number of unbranched alkanes of at least 4 members (excludes halogenated alkanes) is 7. The van der Waals surface area contributed by atoms with E-state index in [4.69, 9.17) is 5.11 Å². The molecule has 0 aromatic heterocycles. The summed E-state index contributed by atoms with van der Waals surface area (Å²) in [6.07, 6.45) is 8.65. The Labute approximate surface area is 116 Å². The highest BCUT2D eigenvalue weighted by molar-refractivity contribution is 7.89. The Morgan fingerprint density at radius 2 is 1.53 bits per heavy atom. The molecule has 0 heterocycles. The van der Waals surface area contributed by atoms with Crippen LogP contribution in [0.3, 0.4) is 0 Å². The maximum Gasteiger partial charge on any atom is 0.321 e. The van der Waals surface area contributed by atoms with Crippen LogP contribution in [-0.2, 0) is 14.8 Å². The van der Waals surface area contributed by atoms with Gasteiger partial charge in [-0.05, 0) is 13.3 Å². The van der Waals surface area contributed by atoms with Crippen molar-refractivity contribution in [1.29, 1.82) is 0 Å². The van der Waals surface area contributed by atoms with Crippen molar-refractivity contribution in [3.05, 3.63) is 0 Å². The topological polar surface area (TPSA) is 83.5 Å². The molecule has 2 N–H and O–H groups in total. The first-order chi connectivity index (χ1) is 8.89. The van der Waals surface area contributed by atoms with Crippen LogP contribution in [0.1, 0.15) is 65.2 Å². The van der Waals surface area contributed by atoms with Gasteiger partial charge in [-0.3, -0.25) is 4.79 Å². The molecule has 0 bridgehead atoms. The molecule has 0 aliphatic heterocycles. The lowest BCUT2D eigenvalue weighted by Crippen LogP contribution is -2.39. The van der Waals surface area contributed by atoms with Gasteiger partial charge in [-0.15, -0.1) is 0 Å². The predicted octanol–water partition coefficient (Wildman–Crippen LogP) is 2.52. The van der Waals surface area contributed by atoms with Gasteiger partial charge in [0.15, 0.2) is 0 Å². The monoisotopic (exact) mass is 293 g/mol. The fourth-order valence-corrected chi connectivity index (χ4v) is 3.15. The molecular weight excluding hydrogens is 266 g/mol. The van der Waals surface area contributed by atoms with E-state index in [9.17, 15) is 13.2 Å². The zero-order chi connectivity index (χ0) is 14.7. The minimum atomic E-state index is -3.46. The Balaban J connectivity index is 3.62. The molecule has 0 saturated heterocycles. The van der Waals surface area contributed by atoms with Crippen LogP contribution in [0.15, 0.2) is 0 Å². The highest BCUT2D eigenvalue weighted by atomic mass is 32.2. The van der Waals surface area contributed by atoms with Crippen molar-refractivity contribution in [2.24, 2.45) is 0 Å². The fraction of sp³-hybridized carbons (Fsp3) is 0.923. The van der Waals surface area contributed by atoms with Crippen molar-refractivity contribution in [2.45, 2.75) is 71.3 Å². The summed E-state index contributed by atoms with van der Waals surface area (Å²) in [4.78, 5) is 10.6. The molecule has 0 unspecified atom stereocenters. The summed E-state index contributed by atoms with van der Waals surface area (Å²) in [6.45, 7) is 3.50. The largest absolute Gasteiger partial charge is 0.480 e. The lowest BCUT2D eigenvalue weighted by molar-refractivity contribution is -0.138. The molecule has 0 radical (unpaired) electrons.